The molecule has 0 saturated carbocycles. The Kier molecular flexibility index (Phi) is 10.3. The number of nitrogens with one attached hydrogen (secondary N) is 2. The van der Waals surface area contributed by atoms with Crippen LogP contribution < -0.4 is 15.8 Å². The molecule has 47 heavy (non-hydrogen) atoms. The number of likely N-dealkylation sites (N-methyl/N-ethyl adjacent to an activating group) is 2. The van der Waals surface area contributed by atoms with E-state index < -0.39 is 0 Å². The van der Waals surface area contributed by atoms with Crippen molar-refractivity contribution in [1.82, 2.24) is 25.0 Å². The van der Waals surface area contributed by atoms with Gasteiger partial charge in [0.05, 0.1) is 0 Å². The summed E-state index contributed by atoms with van der Waals surface area (Å²) in [4.78, 5) is 63.1. The van der Waals surface area contributed by atoms with E-state index in [1.807, 2.05) is 67.0 Å². The van der Waals surface area contributed by atoms with Gasteiger partial charge in [-0.2, -0.15) is 0 Å². The minimum atomic E-state index is -0.280. The number of pyridine rings is 1. The molecule has 1 unspecified atom stereocenters. The Balaban J connectivity index is 1.48. The van der Waals surface area contributed by atoms with E-state index >= 15 is 0 Å². The molecule has 3 heterocycles. The lowest BCUT2D eigenvalue weighted by Crippen LogP contribution is -2.47. The summed E-state index contributed by atoms with van der Waals surface area (Å²) in [6.45, 7) is 16.5. The van der Waals surface area contributed by atoms with Gasteiger partial charge in [-0.3, -0.25) is 19.2 Å². The van der Waals surface area contributed by atoms with Crippen molar-refractivity contribution in [3.63, 3.8) is 0 Å². The summed E-state index contributed by atoms with van der Waals surface area (Å²) in [5, 5.41) is 2.99. The number of anilines is 1. The van der Waals surface area contributed by atoms with Gasteiger partial charge in [0.2, 0.25) is 5.91 Å². The van der Waals surface area contributed by atoms with E-state index in [2.05, 4.69) is 46.7 Å². The monoisotopic (exact) mass is 638 g/mol. The normalized spacial score (nSPS) is 16.7. The zero-order valence-corrected chi connectivity index (χ0v) is 28.2. The highest BCUT2D eigenvalue weighted by molar-refractivity contribution is 5.99. The van der Waals surface area contributed by atoms with E-state index in [1.165, 1.54) is 6.08 Å². The number of aryl methyl sites for hydroxylation is 2. The summed E-state index contributed by atoms with van der Waals surface area (Å²) < 4.78 is 0. The molecule has 1 atom stereocenters. The smallest absolute Gasteiger partial charge is 0.253 e. The number of piperazine rings is 1. The van der Waals surface area contributed by atoms with Crippen LogP contribution in [0.15, 0.2) is 59.9 Å². The molecule has 0 aliphatic carbocycles. The van der Waals surface area contributed by atoms with Gasteiger partial charge in [-0.15, -0.1) is 0 Å². The van der Waals surface area contributed by atoms with Gasteiger partial charge in [0, 0.05) is 86.5 Å². The van der Waals surface area contributed by atoms with Crippen LogP contribution in [0.4, 0.5) is 5.69 Å². The third-order valence-electron chi connectivity index (χ3n) is 9.54. The molecular weight excluding hydrogens is 592 g/mol. The Hall–Kier alpha value is -4.70. The average Bonchev–Trinajstić information content (AvgIpc) is 3.55. The largest absolute Gasteiger partial charge is 0.367 e. The van der Waals surface area contributed by atoms with E-state index in [4.69, 9.17) is 0 Å². The fraction of sp³-hybridized carbons (Fsp3) is 0.405. The SMILES string of the molecule is C=CC(=O)N1CCC(N(CC)c2cc(-c3ccc(C(=O)N4CCN(C)CC4)cc3)cc(C(=O)NCc3c(C)cc(C)[nH]c3=O)c2C)C1. The number of carbonyl (C=O) groups excluding carboxylic acids is 3. The molecule has 2 N–H and O–H groups in total. The van der Waals surface area contributed by atoms with Crippen molar-refractivity contribution in [3.05, 3.63) is 99.0 Å². The van der Waals surface area contributed by atoms with Gasteiger partial charge in [-0.05, 0) is 99.8 Å². The second kappa shape index (κ2) is 14.4. The molecule has 0 radical (unpaired) electrons. The molecule has 2 aliphatic rings. The summed E-state index contributed by atoms with van der Waals surface area (Å²) in [6, 6.07) is 13.5. The number of hydrogen-bond donors (Lipinski definition) is 2. The first-order chi connectivity index (χ1) is 22.5. The highest BCUT2D eigenvalue weighted by Crippen LogP contribution is 2.34. The number of aromatic amines is 1. The van der Waals surface area contributed by atoms with Crippen LogP contribution in [0.2, 0.25) is 0 Å². The van der Waals surface area contributed by atoms with Crippen LogP contribution in [0.5, 0.6) is 0 Å². The number of aromatic nitrogens is 1. The van der Waals surface area contributed by atoms with Gasteiger partial charge in [0.15, 0.2) is 0 Å². The lowest BCUT2D eigenvalue weighted by atomic mass is 9.95. The zero-order chi connectivity index (χ0) is 33.8. The van der Waals surface area contributed by atoms with E-state index in [9.17, 15) is 19.2 Å². The number of amides is 3. The predicted molar refractivity (Wildman–Crippen MR) is 186 cm³/mol. The average molecular weight is 639 g/mol. The van der Waals surface area contributed by atoms with Crippen LogP contribution >= 0.6 is 0 Å². The van der Waals surface area contributed by atoms with Gasteiger partial charge in [-0.25, -0.2) is 0 Å². The molecule has 3 amide bonds. The summed E-state index contributed by atoms with van der Waals surface area (Å²) >= 11 is 0. The van der Waals surface area contributed by atoms with Crippen molar-refractivity contribution < 1.29 is 14.4 Å². The van der Waals surface area contributed by atoms with Crippen molar-refractivity contribution in [2.75, 3.05) is 57.8 Å². The van der Waals surface area contributed by atoms with Crippen LogP contribution in [0.25, 0.3) is 11.1 Å². The van der Waals surface area contributed by atoms with Gasteiger partial charge in [0.25, 0.3) is 17.4 Å². The van der Waals surface area contributed by atoms with Crippen molar-refractivity contribution >= 4 is 23.4 Å². The fourth-order valence-corrected chi connectivity index (χ4v) is 6.71. The molecule has 248 valence electrons. The molecule has 1 aromatic heterocycles. The van der Waals surface area contributed by atoms with Gasteiger partial charge >= 0.3 is 0 Å². The predicted octanol–water partition coefficient (Wildman–Crippen LogP) is 3.90. The maximum atomic E-state index is 13.9. The first kappa shape index (κ1) is 33.7. The second-order valence-corrected chi connectivity index (χ2v) is 12.7. The van der Waals surface area contributed by atoms with E-state index in [0.717, 1.165) is 53.1 Å². The lowest BCUT2D eigenvalue weighted by molar-refractivity contribution is -0.125. The molecule has 2 aliphatic heterocycles. The molecular formula is C37H46N6O4. The minimum Gasteiger partial charge on any atom is -0.367 e. The number of hydrogen-bond acceptors (Lipinski definition) is 6. The standard InChI is InChI=1S/C37H46N6O4/c1-7-34(44)42-14-13-30(23-42)43(8-2)33-21-29(27-9-11-28(12-10-27)37(47)41-17-15-40(6)16-18-41)20-31(26(33)5)35(45)38-22-32-24(3)19-25(4)39-36(32)46/h7,9-12,19-21,30H,1,8,13-18,22-23H2,2-6H3,(H,38,45)(H,39,46). The topological polar surface area (TPSA) is 109 Å². The highest BCUT2D eigenvalue weighted by atomic mass is 16.2. The summed E-state index contributed by atoms with van der Waals surface area (Å²) in [5.74, 6) is -0.341. The highest BCUT2D eigenvalue weighted by Gasteiger charge is 2.31. The number of carbonyl (C=O) groups is 3. The van der Waals surface area contributed by atoms with Crippen LogP contribution in [0, 0.1) is 20.8 Å². The maximum absolute atomic E-state index is 13.9. The maximum Gasteiger partial charge on any atom is 0.253 e. The molecule has 2 saturated heterocycles. The van der Waals surface area contributed by atoms with E-state index in [0.29, 0.717) is 49.4 Å². The number of benzene rings is 2. The van der Waals surface area contributed by atoms with Crippen molar-refractivity contribution in [2.24, 2.45) is 0 Å². The van der Waals surface area contributed by atoms with Crippen LogP contribution in [-0.4, -0.2) is 96.3 Å². The Morgan fingerprint density at radius 3 is 2.32 bits per heavy atom. The summed E-state index contributed by atoms with van der Waals surface area (Å²) in [6.07, 6.45) is 2.16. The Labute approximate surface area is 277 Å². The Morgan fingerprint density at radius 1 is 0.979 bits per heavy atom. The van der Waals surface area contributed by atoms with Crippen molar-refractivity contribution in [1.29, 1.82) is 0 Å². The van der Waals surface area contributed by atoms with E-state index in [-0.39, 0.29) is 35.9 Å². The number of nitrogens with zero attached hydrogens (tertiary/aromatic N) is 4. The number of likely N-dealkylation sites (tertiary alicyclic amines) is 1. The third kappa shape index (κ3) is 7.33. The zero-order valence-electron chi connectivity index (χ0n) is 28.2. The molecule has 0 bridgehead atoms. The lowest BCUT2D eigenvalue weighted by Gasteiger charge is -2.33. The van der Waals surface area contributed by atoms with Crippen molar-refractivity contribution in [2.45, 2.75) is 46.7 Å². The fourth-order valence-electron chi connectivity index (χ4n) is 6.71. The van der Waals surface area contributed by atoms with Gasteiger partial charge in [-0.1, -0.05) is 18.7 Å². The van der Waals surface area contributed by atoms with Crippen LogP contribution in [0.1, 0.15) is 56.4 Å². The quantitative estimate of drug-likeness (QED) is 0.345. The Bertz CT molecular complexity index is 1720. The second-order valence-electron chi connectivity index (χ2n) is 12.7. The summed E-state index contributed by atoms with van der Waals surface area (Å²) in [7, 11) is 2.06. The molecule has 3 aromatic rings. The minimum absolute atomic E-state index is 0.0210. The molecule has 2 aromatic carbocycles. The van der Waals surface area contributed by atoms with Gasteiger partial charge < -0.3 is 29.9 Å². The van der Waals surface area contributed by atoms with E-state index in [1.54, 1.807) is 0 Å². The first-order valence-corrected chi connectivity index (χ1v) is 16.4. The molecule has 0 spiro atoms. The van der Waals surface area contributed by atoms with Gasteiger partial charge in [0.1, 0.15) is 0 Å². The number of H-pyrrole nitrogens is 1. The third-order valence-corrected chi connectivity index (χ3v) is 9.54. The number of rotatable bonds is 9. The first-order valence-electron chi connectivity index (χ1n) is 16.4. The van der Waals surface area contributed by atoms with Crippen LogP contribution in [-0.2, 0) is 11.3 Å². The molecule has 5 rings (SSSR count). The van der Waals surface area contributed by atoms with Crippen LogP contribution in [0.3, 0.4) is 0 Å². The molecule has 2 fully saturated rings. The molecule has 10 nitrogen and oxygen atoms in total. The Morgan fingerprint density at radius 2 is 1.68 bits per heavy atom. The molecule has 10 heteroatoms. The summed E-state index contributed by atoms with van der Waals surface area (Å²) in [5.41, 5.74) is 6.49. The van der Waals surface area contributed by atoms with Crippen molar-refractivity contribution in [3.8, 4) is 11.1 Å².